The number of aryl methyl sites for hydroxylation is 2. The molecule has 0 spiro atoms. The van der Waals surface area contributed by atoms with Gasteiger partial charge in [-0.3, -0.25) is 4.68 Å². The second kappa shape index (κ2) is 5.63. The topological polar surface area (TPSA) is 57.0 Å². The molecule has 0 amide bonds. The highest BCUT2D eigenvalue weighted by Crippen LogP contribution is 2.38. The van der Waals surface area contributed by atoms with Crippen LogP contribution >= 0.6 is 11.8 Å². The monoisotopic (exact) mass is 265 g/mol. The van der Waals surface area contributed by atoms with Crippen molar-refractivity contribution in [1.29, 1.82) is 0 Å². The molecule has 0 aromatic carbocycles. The normalized spacial score (nSPS) is 14.7. The Labute approximate surface area is 112 Å². The van der Waals surface area contributed by atoms with Crippen LogP contribution in [-0.4, -0.2) is 15.8 Å². The van der Waals surface area contributed by atoms with Crippen molar-refractivity contribution in [3.8, 4) is 0 Å². The van der Waals surface area contributed by atoms with Crippen LogP contribution in [0.25, 0.3) is 0 Å². The molecule has 98 valence electrons. The molecular formula is C13H19N3OS. The summed E-state index contributed by atoms with van der Waals surface area (Å²) in [6.45, 7) is 4.08. The SMILES string of the molecule is CCC(N)C(Sc1cc(C)nn1C)c1ccco1. The van der Waals surface area contributed by atoms with Gasteiger partial charge in [0.2, 0.25) is 0 Å². The van der Waals surface area contributed by atoms with Gasteiger partial charge in [0.1, 0.15) is 5.76 Å². The number of aromatic nitrogens is 2. The highest BCUT2D eigenvalue weighted by Gasteiger charge is 2.23. The van der Waals surface area contributed by atoms with Crippen molar-refractivity contribution in [3.63, 3.8) is 0 Å². The second-order valence-corrected chi connectivity index (χ2v) is 5.54. The zero-order valence-corrected chi connectivity index (χ0v) is 11.8. The number of hydrogen-bond acceptors (Lipinski definition) is 4. The van der Waals surface area contributed by atoms with Crippen LogP contribution in [-0.2, 0) is 7.05 Å². The lowest BCUT2D eigenvalue weighted by atomic mass is 10.1. The molecule has 0 radical (unpaired) electrons. The van der Waals surface area contributed by atoms with Crippen LogP contribution in [0.1, 0.15) is 30.0 Å². The molecule has 2 unspecified atom stereocenters. The van der Waals surface area contributed by atoms with Crippen molar-refractivity contribution in [2.45, 2.75) is 36.6 Å². The summed E-state index contributed by atoms with van der Waals surface area (Å²) in [5.74, 6) is 0.924. The van der Waals surface area contributed by atoms with E-state index in [-0.39, 0.29) is 11.3 Å². The molecule has 0 saturated heterocycles. The van der Waals surface area contributed by atoms with E-state index in [4.69, 9.17) is 10.2 Å². The number of rotatable bonds is 5. The first kappa shape index (κ1) is 13.2. The van der Waals surface area contributed by atoms with Crippen LogP contribution < -0.4 is 5.73 Å². The van der Waals surface area contributed by atoms with Crippen LogP contribution in [0.15, 0.2) is 33.9 Å². The number of nitrogens with two attached hydrogens (primary N) is 1. The Balaban J connectivity index is 2.23. The van der Waals surface area contributed by atoms with Crippen molar-refractivity contribution < 1.29 is 4.42 Å². The van der Waals surface area contributed by atoms with Gasteiger partial charge in [0, 0.05) is 13.1 Å². The molecule has 0 aliphatic heterocycles. The van der Waals surface area contributed by atoms with Gasteiger partial charge >= 0.3 is 0 Å². The Kier molecular flexibility index (Phi) is 4.14. The summed E-state index contributed by atoms with van der Waals surface area (Å²) in [6, 6.07) is 6.02. The maximum atomic E-state index is 6.20. The Morgan fingerprint density at radius 1 is 1.56 bits per heavy atom. The van der Waals surface area contributed by atoms with Gasteiger partial charge in [-0.25, -0.2) is 0 Å². The van der Waals surface area contributed by atoms with Gasteiger partial charge < -0.3 is 10.2 Å². The molecule has 0 fully saturated rings. The molecule has 2 heterocycles. The van der Waals surface area contributed by atoms with Gasteiger partial charge in [-0.1, -0.05) is 18.7 Å². The van der Waals surface area contributed by atoms with Crippen LogP contribution in [0.3, 0.4) is 0 Å². The fourth-order valence-electron chi connectivity index (χ4n) is 1.85. The third-order valence-corrected chi connectivity index (χ3v) is 4.35. The van der Waals surface area contributed by atoms with E-state index in [2.05, 4.69) is 18.1 Å². The van der Waals surface area contributed by atoms with Gasteiger partial charge in [0.05, 0.1) is 22.2 Å². The minimum atomic E-state index is 0.0661. The number of nitrogens with zero attached hydrogens (tertiary/aromatic N) is 2. The van der Waals surface area contributed by atoms with E-state index in [1.54, 1.807) is 18.0 Å². The smallest absolute Gasteiger partial charge is 0.118 e. The van der Waals surface area contributed by atoms with Crippen molar-refractivity contribution in [2.24, 2.45) is 12.8 Å². The van der Waals surface area contributed by atoms with E-state index in [1.807, 2.05) is 30.8 Å². The predicted molar refractivity (Wildman–Crippen MR) is 73.5 cm³/mol. The molecule has 4 nitrogen and oxygen atoms in total. The minimum Gasteiger partial charge on any atom is -0.468 e. The second-order valence-electron chi connectivity index (χ2n) is 4.37. The molecule has 0 saturated carbocycles. The number of furan rings is 1. The quantitative estimate of drug-likeness (QED) is 0.845. The predicted octanol–water partition coefficient (Wildman–Crippen LogP) is 2.89. The lowest BCUT2D eigenvalue weighted by molar-refractivity contribution is 0.473. The van der Waals surface area contributed by atoms with Crippen LogP contribution in [0.2, 0.25) is 0 Å². The standard InChI is InChI=1S/C13H19N3OS/c1-4-10(14)13(11-6-5-7-17-11)18-12-8-9(2)15-16(12)3/h5-8,10,13H,4,14H2,1-3H3. The Bertz CT molecular complexity index is 492. The molecular weight excluding hydrogens is 246 g/mol. The Morgan fingerprint density at radius 3 is 2.83 bits per heavy atom. The van der Waals surface area contributed by atoms with Crippen LogP contribution in [0, 0.1) is 6.92 Å². The lowest BCUT2D eigenvalue weighted by Gasteiger charge is -2.20. The van der Waals surface area contributed by atoms with E-state index in [0.717, 1.165) is 22.9 Å². The summed E-state index contributed by atoms with van der Waals surface area (Å²) < 4.78 is 7.39. The highest BCUT2D eigenvalue weighted by atomic mass is 32.2. The summed E-state index contributed by atoms with van der Waals surface area (Å²) in [4.78, 5) is 0. The van der Waals surface area contributed by atoms with Crippen LogP contribution in [0.5, 0.6) is 0 Å². The summed E-state index contributed by atoms with van der Waals surface area (Å²) in [6.07, 6.45) is 2.61. The third-order valence-electron chi connectivity index (χ3n) is 2.89. The molecule has 2 rings (SSSR count). The van der Waals surface area contributed by atoms with Crippen molar-refractivity contribution in [1.82, 2.24) is 9.78 Å². The first-order chi connectivity index (χ1) is 8.61. The highest BCUT2D eigenvalue weighted by molar-refractivity contribution is 7.99. The van der Waals surface area contributed by atoms with Gasteiger partial charge in [0.25, 0.3) is 0 Å². The van der Waals surface area contributed by atoms with Gasteiger partial charge in [0.15, 0.2) is 0 Å². The lowest BCUT2D eigenvalue weighted by Crippen LogP contribution is -2.25. The first-order valence-corrected chi connectivity index (χ1v) is 6.96. The van der Waals surface area contributed by atoms with Gasteiger partial charge in [-0.05, 0) is 31.5 Å². The molecule has 0 bridgehead atoms. The minimum absolute atomic E-state index is 0.0661. The average molecular weight is 265 g/mol. The maximum absolute atomic E-state index is 6.20. The molecule has 2 aromatic heterocycles. The largest absolute Gasteiger partial charge is 0.468 e. The molecule has 2 aromatic rings. The van der Waals surface area contributed by atoms with Crippen LogP contribution in [0.4, 0.5) is 0 Å². The van der Waals surface area contributed by atoms with Crippen molar-refractivity contribution in [3.05, 3.63) is 35.9 Å². The number of hydrogen-bond donors (Lipinski definition) is 1. The van der Waals surface area contributed by atoms with Crippen molar-refractivity contribution in [2.75, 3.05) is 0 Å². The summed E-state index contributed by atoms with van der Waals surface area (Å²) >= 11 is 1.71. The van der Waals surface area contributed by atoms with Gasteiger partial charge in [-0.15, -0.1) is 0 Å². The van der Waals surface area contributed by atoms with E-state index in [9.17, 15) is 0 Å². The molecule has 2 N–H and O–H groups in total. The summed E-state index contributed by atoms with van der Waals surface area (Å²) in [5.41, 5.74) is 7.22. The molecule has 5 heteroatoms. The zero-order valence-electron chi connectivity index (χ0n) is 11.0. The average Bonchev–Trinajstić information content (AvgIpc) is 2.95. The summed E-state index contributed by atoms with van der Waals surface area (Å²) in [5, 5.41) is 5.59. The maximum Gasteiger partial charge on any atom is 0.118 e. The molecule has 18 heavy (non-hydrogen) atoms. The number of thioether (sulfide) groups is 1. The van der Waals surface area contributed by atoms with Crippen molar-refractivity contribution >= 4 is 11.8 Å². The van der Waals surface area contributed by atoms with E-state index >= 15 is 0 Å². The Hall–Kier alpha value is -1.20. The molecule has 0 aliphatic rings. The van der Waals surface area contributed by atoms with E-state index in [0.29, 0.717) is 0 Å². The zero-order chi connectivity index (χ0) is 13.1. The third kappa shape index (κ3) is 2.79. The molecule has 2 atom stereocenters. The molecule has 0 aliphatic carbocycles. The van der Waals surface area contributed by atoms with Gasteiger partial charge in [-0.2, -0.15) is 5.10 Å². The Morgan fingerprint density at radius 2 is 2.33 bits per heavy atom. The fourth-order valence-corrected chi connectivity index (χ4v) is 3.16. The van der Waals surface area contributed by atoms with E-state index < -0.39 is 0 Å². The first-order valence-electron chi connectivity index (χ1n) is 6.08. The summed E-state index contributed by atoms with van der Waals surface area (Å²) in [7, 11) is 1.95. The van der Waals surface area contributed by atoms with E-state index in [1.165, 1.54) is 0 Å². The fraction of sp³-hybridized carbons (Fsp3) is 0.462.